The zero-order chi connectivity index (χ0) is 10.0. The molecule has 1 rings (SSSR count). The maximum Gasteiger partial charge on any atom is -0.0352 e. The SMILES string of the molecule is CCCC1C(C)CC1C(C)C(C)C. The summed E-state index contributed by atoms with van der Waals surface area (Å²) >= 11 is 0. The Labute approximate surface area is 84.1 Å². The molecule has 13 heavy (non-hydrogen) atoms. The standard InChI is InChI=1S/C13H26/c1-6-7-12-10(4)8-13(12)11(5)9(2)3/h9-13H,6-8H2,1-5H3. The highest BCUT2D eigenvalue weighted by molar-refractivity contribution is 4.89. The average Bonchev–Trinajstić information content (AvgIpc) is 2.09. The minimum Gasteiger partial charge on any atom is -0.0654 e. The zero-order valence-corrected chi connectivity index (χ0v) is 10.0. The molecule has 0 aromatic carbocycles. The quantitative estimate of drug-likeness (QED) is 0.606. The van der Waals surface area contributed by atoms with Crippen molar-refractivity contribution in [3.8, 4) is 0 Å². The first kappa shape index (κ1) is 11.1. The summed E-state index contributed by atoms with van der Waals surface area (Å²) in [6.07, 6.45) is 4.32. The van der Waals surface area contributed by atoms with E-state index < -0.39 is 0 Å². The van der Waals surface area contributed by atoms with Gasteiger partial charge in [-0.05, 0) is 36.0 Å². The van der Waals surface area contributed by atoms with Crippen molar-refractivity contribution in [2.75, 3.05) is 0 Å². The Balaban J connectivity index is 2.43. The molecule has 0 saturated heterocycles. The Bertz CT molecular complexity index is 148. The molecule has 0 heteroatoms. The van der Waals surface area contributed by atoms with Gasteiger partial charge >= 0.3 is 0 Å². The van der Waals surface area contributed by atoms with E-state index in [1.165, 1.54) is 19.3 Å². The summed E-state index contributed by atoms with van der Waals surface area (Å²) in [6.45, 7) is 11.9. The molecule has 1 saturated carbocycles. The van der Waals surface area contributed by atoms with Crippen LogP contribution < -0.4 is 0 Å². The van der Waals surface area contributed by atoms with Gasteiger partial charge in [-0.3, -0.25) is 0 Å². The molecule has 0 nitrogen and oxygen atoms in total. The fourth-order valence-electron chi connectivity index (χ4n) is 2.94. The van der Waals surface area contributed by atoms with Crippen molar-refractivity contribution < 1.29 is 0 Å². The maximum atomic E-state index is 2.45. The molecule has 0 spiro atoms. The lowest BCUT2D eigenvalue weighted by atomic mass is 9.58. The van der Waals surface area contributed by atoms with Crippen molar-refractivity contribution in [1.82, 2.24) is 0 Å². The van der Waals surface area contributed by atoms with Crippen LogP contribution in [0.5, 0.6) is 0 Å². The van der Waals surface area contributed by atoms with Crippen molar-refractivity contribution in [1.29, 1.82) is 0 Å². The fraction of sp³-hybridized carbons (Fsp3) is 1.00. The predicted molar refractivity (Wildman–Crippen MR) is 59.7 cm³/mol. The van der Waals surface area contributed by atoms with Gasteiger partial charge in [0.25, 0.3) is 0 Å². The first-order valence-corrected chi connectivity index (χ1v) is 6.07. The highest BCUT2D eigenvalue weighted by Gasteiger charge is 2.40. The third-order valence-electron chi connectivity index (χ3n) is 4.27. The number of hydrogen-bond donors (Lipinski definition) is 0. The smallest absolute Gasteiger partial charge is 0.0352 e. The van der Waals surface area contributed by atoms with Crippen LogP contribution in [0, 0.1) is 29.6 Å². The van der Waals surface area contributed by atoms with Crippen molar-refractivity contribution in [2.24, 2.45) is 29.6 Å². The Kier molecular flexibility index (Phi) is 3.82. The summed E-state index contributed by atoms with van der Waals surface area (Å²) in [5.41, 5.74) is 0. The molecule has 0 amide bonds. The first-order chi connectivity index (χ1) is 6.07. The zero-order valence-electron chi connectivity index (χ0n) is 10.0. The molecule has 4 unspecified atom stereocenters. The Morgan fingerprint density at radius 3 is 2.23 bits per heavy atom. The number of rotatable bonds is 4. The van der Waals surface area contributed by atoms with Gasteiger partial charge in [0.1, 0.15) is 0 Å². The summed E-state index contributed by atoms with van der Waals surface area (Å²) in [6, 6.07) is 0. The molecule has 1 fully saturated rings. The van der Waals surface area contributed by atoms with Crippen LogP contribution in [0.2, 0.25) is 0 Å². The largest absolute Gasteiger partial charge is 0.0654 e. The van der Waals surface area contributed by atoms with Crippen molar-refractivity contribution >= 4 is 0 Å². The van der Waals surface area contributed by atoms with E-state index in [-0.39, 0.29) is 0 Å². The highest BCUT2D eigenvalue weighted by atomic mass is 14.5. The van der Waals surface area contributed by atoms with Crippen molar-refractivity contribution in [3.63, 3.8) is 0 Å². The molecule has 0 aliphatic heterocycles. The van der Waals surface area contributed by atoms with E-state index in [4.69, 9.17) is 0 Å². The summed E-state index contributed by atoms with van der Waals surface area (Å²) in [4.78, 5) is 0. The van der Waals surface area contributed by atoms with E-state index in [2.05, 4.69) is 34.6 Å². The normalized spacial score (nSPS) is 36.0. The van der Waals surface area contributed by atoms with Crippen LogP contribution in [-0.4, -0.2) is 0 Å². The molecule has 4 atom stereocenters. The summed E-state index contributed by atoms with van der Waals surface area (Å²) < 4.78 is 0. The Hall–Kier alpha value is 0. The predicted octanol–water partition coefficient (Wildman–Crippen LogP) is 4.35. The third-order valence-corrected chi connectivity index (χ3v) is 4.27. The molecule has 0 radical (unpaired) electrons. The topological polar surface area (TPSA) is 0 Å². The molecule has 78 valence electrons. The monoisotopic (exact) mass is 182 g/mol. The lowest BCUT2D eigenvalue weighted by Crippen LogP contribution is -2.40. The van der Waals surface area contributed by atoms with E-state index in [1.807, 2.05) is 0 Å². The molecular formula is C13H26. The maximum absolute atomic E-state index is 2.45. The van der Waals surface area contributed by atoms with Gasteiger partial charge < -0.3 is 0 Å². The van der Waals surface area contributed by atoms with Gasteiger partial charge in [-0.2, -0.15) is 0 Å². The van der Waals surface area contributed by atoms with E-state index in [1.54, 1.807) is 0 Å². The van der Waals surface area contributed by atoms with Gasteiger partial charge in [0.05, 0.1) is 0 Å². The van der Waals surface area contributed by atoms with E-state index in [0.29, 0.717) is 0 Å². The summed E-state index contributed by atoms with van der Waals surface area (Å²) in [5.74, 6) is 4.90. The second-order valence-electron chi connectivity index (χ2n) is 5.43. The van der Waals surface area contributed by atoms with Crippen LogP contribution in [0.4, 0.5) is 0 Å². The molecule has 0 heterocycles. The second kappa shape index (κ2) is 4.48. The molecule has 0 aromatic heterocycles. The molecule has 0 N–H and O–H groups in total. The van der Waals surface area contributed by atoms with Crippen LogP contribution in [0.25, 0.3) is 0 Å². The average molecular weight is 182 g/mol. The summed E-state index contributed by atoms with van der Waals surface area (Å²) in [5, 5.41) is 0. The lowest BCUT2D eigenvalue weighted by Gasteiger charge is -2.48. The van der Waals surface area contributed by atoms with Crippen LogP contribution in [0.1, 0.15) is 53.9 Å². The molecular weight excluding hydrogens is 156 g/mol. The molecule has 0 aromatic rings. The Morgan fingerprint density at radius 2 is 1.85 bits per heavy atom. The third kappa shape index (κ3) is 2.27. The minimum atomic E-state index is 0.872. The molecule has 1 aliphatic carbocycles. The highest BCUT2D eigenvalue weighted by Crippen LogP contribution is 2.48. The number of hydrogen-bond acceptors (Lipinski definition) is 0. The first-order valence-electron chi connectivity index (χ1n) is 6.07. The lowest BCUT2D eigenvalue weighted by molar-refractivity contribution is 0.0166. The van der Waals surface area contributed by atoms with Crippen LogP contribution in [-0.2, 0) is 0 Å². The van der Waals surface area contributed by atoms with Crippen molar-refractivity contribution in [3.05, 3.63) is 0 Å². The fourth-order valence-corrected chi connectivity index (χ4v) is 2.94. The van der Waals surface area contributed by atoms with Crippen LogP contribution in [0.3, 0.4) is 0 Å². The summed E-state index contributed by atoms with van der Waals surface area (Å²) in [7, 11) is 0. The van der Waals surface area contributed by atoms with Crippen LogP contribution in [0.15, 0.2) is 0 Å². The molecule has 0 bridgehead atoms. The minimum absolute atomic E-state index is 0.872. The van der Waals surface area contributed by atoms with Gasteiger partial charge in [-0.1, -0.05) is 47.5 Å². The van der Waals surface area contributed by atoms with Gasteiger partial charge in [-0.15, -0.1) is 0 Å². The van der Waals surface area contributed by atoms with Crippen LogP contribution >= 0.6 is 0 Å². The van der Waals surface area contributed by atoms with Gasteiger partial charge in [-0.25, -0.2) is 0 Å². The second-order valence-corrected chi connectivity index (χ2v) is 5.43. The van der Waals surface area contributed by atoms with Gasteiger partial charge in [0.15, 0.2) is 0 Å². The van der Waals surface area contributed by atoms with E-state index >= 15 is 0 Å². The molecule has 1 aliphatic rings. The van der Waals surface area contributed by atoms with E-state index in [0.717, 1.165) is 29.6 Å². The van der Waals surface area contributed by atoms with Crippen molar-refractivity contribution in [2.45, 2.75) is 53.9 Å². The van der Waals surface area contributed by atoms with Gasteiger partial charge in [0.2, 0.25) is 0 Å². The Morgan fingerprint density at radius 1 is 1.23 bits per heavy atom. The van der Waals surface area contributed by atoms with E-state index in [9.17, 15) is 0 Å². The van der Waals surface area contributed by atoms with Gasteiger partial charge in [0, 0.05) is 0 Å².